The Morgan fingerprint density at radius 2 is 1.91 bits per heavy atom. The van der Waals surface area contributed by atoms with Crippen molar-refractivity contribution in [1.82, 2.24) is 4.98 Å². The number of para-hydroxylation sites is 1. The number of carboxylic acid groups (broad SMARTS) is 1. The Bertz CT molecular complexity index is 1070. The molecule has 112 valence electrons. The molecule has 0 aliphatic heterocycles. The van der Waals surface area contributed by atoms with Crippen molar-refractivity contribution in [2.75, 3.05) is 0 Å². The summed E-state index contributed by atoms with van der Waals surface area (Å²) >= 11 is 5.98. The molecule has 2 heterocycles. The van der Waals surface area contributed by atoms with Crippen LogP contribution in [0.4, 0.5) is 0 Å². The fourth-order valence-corrected chi connectivity index (χ4v) is 2.80. The minimum absolute atomic E-state index is 0.198. The molecule has 0 unspecified atom stereocenters. The van der Waals surface area contributed by atoms with Crippen molar-refractivity contribution in [3.05, 3.63) is 65.2 Å². The average Bonchev–Trinajstić information content (AvgIpc) is 2.96. The van der Waals surface area contributed by atoms with E-state index in [4.69, 9.17) is 16.0 Å². The predicted molar refractivity (Wildman–Crippen MR) is 88.9 cm³/mol. The first-order chi connectivity index (χ1) is 11.1. The number of carbonyl (C=O) groups is 1. The van der Waals surface area contributed by atoms with Gasteiger partial charge in [0.2, 0.25) is 0 Å². The molecule has 0 aliphatic carbocycles. The molecular weight excluding hydrogens is 314 g/mol. The van der Waals surface area contributed by atoms with E-state index >= 15 is 0 Å². The third-order valence-electron chi connectivity index (χ3n) is 3.68. The molecule has 0 saturated carbocycles. The molecule has 0 saturated heterocycles. The molecule has 0 fully saturated rings. The molecule has 2 aromatic heterocycles. The number of furan rings is 1. The highest BCUT2D eigenvalue weighted by molar-refractivity contribution is 6.31. The van der Waals surface area contributed by atoms with Crippen LogP contribution in [-0.4, -0.2) is 16.1 Å². The van der Waals surface area contributed by atoms with Gasteiger partial charge < -0.3 is 9.52 Å². The number of benzene rings is 2. The van der Waals surface area contributed by atoms with Gasteiger partial charge in [-0.15, -0.1) is 0 Å². The molecular formula is C18H10ClNO3. The minimum Gasteiger partial charge on any atom is -0.478 e. The molecule has 4 nitrogen and oxygen atoms in total. The van der Waals surface area contributed by atoms with Gasteiger partial charge in [0.05, 0.1) is 11.1 Å². The van der Waals surface area contributed by atoms with E-state index in [0.29, 0.717) is 33.0 Å². The van der Waals surface area contributed by atoms with Crippen LogP contribution in [0, 0.1) is 0 Å². The van der Waals surface area contributed by atoms with Crippen LogP contribution in [-0.2, 0) is 0 Å². The Kier molecular flexibility index (Phi) is 3.06. The number of carboxylic acids is 1. The first kappa shape index (κ1) is 13.8. The summed E-state index contributed by atoms with van der Waals surface area (Å²) in [5, 5.41) is 11.5. The minimum atomic E-state index is -0.996. The lowest BCUT2D eigenvalue weighted by atomic mass is 10.1. The summed E-state index contributed by atoms with van der Waals surface area (Å²) in [5.74, 6) is -0.487. The maximum Gasteiger partial charge on any atom is 0.336 e. The van der Waals surface area contributed by atoms with Crippen LogP contribution in [0.15, 0.2) is 59.0 Å². The number of fused-ring (bicyclic) bond motifs is 2. The van der Waals surface area contributed by atoms with Crippen LogP contribution in [0.5, 0.6) is 0 Å². The van der Waals surface area contributed by atoms with E-state index < -0.39 is 5.97 Å². The monoisotopic (exact) mass is 323 g/mol. The van der Waals surface area contributed by atoms with Gasteiger partial charge in [-0.05, 0) is 36.4 Å². The molecule has 5 heteroatoms. The average molecular weight is 324 g/mol. The third kappa shape index (κ3) is 2.33. The van der Waals surface area contributed by atoms with Crippen molar-refractivity contribution < 1.29 is 14.3 Å². The highest BCUT2D eigenvalue weighted by atomic mass is 35.5. The van der Waals surface area contributed by atoms with Crippen LogP contribution in [0.3, 0.4) is 0 Å². The Balaban J connectivity index is 1.98. The first-order valence-electron chi connectivity index (χ1n) is 6.94. The van der Waals surface area contributed by atoms with Gasteiger partial charge in [0.1, 0.15) is 11.3 Å². The Hall–Kier alpha value is -2.85. The second-order valence-electron chi connectivity index (χ2n) is 5.17. The van der Waals surface area contributed by atoms with Crippen molar-refractivity contribution >= 4 is 39.4 Å². The molecule has 0 radical (unpaired) electrons. The molecule has 4 aromatic rings. The van der Waals surface area contributed by atoms with Crippen molar-refractivity contribution in [2.24, 2.45) is 0 Å². The number of halogens is 1. The van der Waals surface area contributed by atoms with Gasteiger partial charge in [0.15, 0.2) is 5.76 Å². The Labute approximate surface area is 135 Å². The molecule has 0 bridgehead atoms. The van der Waals surface area contributed by atoms with Crippen LogP contribution in [0.1, 0.15) is 10.4 Å². The zero-order valence-electron chi connectivity index (χ0n) is 11.8. The van der Waals surface area contributed by atoms with Crippen LogP contribution >= 0.6 is 11.6 Å². The zero-order valence-corrected chi connectivity index (χ0v) is 12.5. The summed E-state index contributed by atoms with van der Waals surface area (Å²) in [6, 6.07) is 15.8. The summed E-state index contributed by atoms with van der Waals surface area (Å²) in [6.07, 6.45) is 0. The lowest BCUT2D eigenvalue weighted by Crippen LogP contribution is -1.99. The van der Waals surface area contributed by atoms with Gasteiger partial charge in [-0.1, -0.05) is 29.8 Å². The Morgan fingerprint density at radius 3 is 2.74 bits per heavy atom. The van der Waals surface area contributed by atoms with E-state index in [9.17, 15) is 9.90 Å². The largest absolute Gasteiger partial charge is 0.478 e. The summed E-state index contributed by atoms with van der Waals surface area (Å²) < 4.78 is 5.78. The fourth-order valence-electron chi connectivity index (χ4n) is 2.62. The van der Waals surface area contributed by atoms with E-state index in [2.05, 4.69) is 4.98 Å². The SMILES string of the molecule is O=C(O)c1cc(-c2cc3cc(Cl)ccc3o2)nc2ccccc12. The van der Waals surface area contributed by atoms with Crippen molar-refractivity contribution in [3.8, 4) is 11.5 Å². The molecule has 0 spiro atoms. The highest BCUT2D eigenvalue weighted by Crippen LogP contribution is 2.31. The van der Waals surface area contributed by atoms with Gasteiger partial charge in [-0.3, -0.25) is 0 Å². The van der Waals surface area contributed by atoms with E-state index in [1.807, 2.05) is 12.1 Å². The van der Waals surface area contributed by atoms with E-state index in [1.165, 1.54) is 6.07 Å². The molecule has 0 atom stereocenters. The van der Waals surface area contributed by atoms with E-state index in [0.717, 1.165) is 5.39 Å². The maximum absolute atomic E-state index is 11.5. The zero-order chi connectivity index (χ0) is 16.0. The summed E-state index contributed by atoms with van der Waals surface area (Å²) in [7, 11) is 0. The number of hydrogen-bond acceptors (Lipinski definition) is 3. The number of rotatable bonds is 2. The Morgan fingerprint density at radius 1 is 1.09 bits per heavy atom. The summed E-state index contributed by atoms with van der Waals surface area (Å²) in [6.45, 7) is 0. The van der Waals surface area contributed by atoms with E-state index in [-0.39, 0.29) is 5.56 Å². The highest BCUT2D eigenvalue weighted by Gasteiger charge is 2.15. The molecule has 0 aliphatic rings. The maximum atomic E-state index is 11.5. The van der Waals surface area contributed by atoms with Crippen LogP contribution in [0.25, 0.3) is 33.3 Å². The first-order valence-corrected chi connectivity index (χ1v) is 7.32. The summed E-state index contributed by atoms with van der Waals surface area (Å²) in [5.41, 5.74) is 1.97. The van der Waals surface area contributed by atoms with Crippen LogP contribution in [0.2, 0.25) is 5.02 Å². The number of aromatic nitrogens is 1. The molecule has 1 N–H and O–H groups in total. The number of nitrogens with zero attached hydrogens (tertiary/aromatic N) is 1. The van der Waals surface area contributed by atoms with Gasteiger partial charge >= 0.3 is 5.97 Å². The van der Waals surface area contributed by atoms with Crippen molar-refractivity contribution in [2.45, 2.75) is 0 Å². The quantitative estimate of drug-likeness (QED) is 0.564. The van der Waals surface area contributed by atoms with Gasteiger partial charge in [-0.25, -0.2) is 9.78 Å². The lowest BCUT2D eigenvalue weighted by molar-refractivity contribution is 0.0699. The smallest absolute Gasteiger partial charge is 0.336 e. The second kappa shape index (κ2) is 5.11. The van der Waals surface area contributed by atoms with Crippen molar-refractivity contribution in [3.63, 3.8) is 0 Å². The lowest BCUT2D eigenvalue weighted by Gasteiger charge is -2.04. The molecule has 2 aromatic carbocycles. The van der Waals surface area contributed by atoms with Gasteiger partial charge in [0, 0.05) is 15.8 Å². The van der Waals surface area contributed by atoms with Gasteiger partial charge in [-0.2, -0.15) is 0 Å². The normalized spacial score (nSPS) is 11.2. The summed E-state index contributed by atoms with van der Waals surface area (Å²) in [4.78, 5) is 16.1. The molecule has 23 heavy (non-hydrogen) atoms. The molecule has 4 rings (SSSR count). The van der Waals surface area contributed by atoms with Crippen LogP contribution < -0.4 is 0 Å². The number of hydrogen-bond donors (Lipinski definition) is 1. The predicted octanol–water partition coefficient (Wildman–Crippen LogP) is 5.00. The standard InChI is InChI=1S/C18H10ClNO3/c19-11-5-6-16-10(7-11)8-17(23-16)15-9-13(18(21)22)12-3-1-2-4-14(12)20-15/h1-9H,(H,21,22). The number of pyridine rings is 1. The third-order valence-corrected chi connectivity index (χ3v) is 3.91. The van der Waals surface area contributed by atoms with Gasteiger partial charge in [0.25, 0.3) is 0 Å². The molecule has 0 amide bonds. The second-order valence-corrected chi connectivity index (χ2v) is 5.61. The fraction of sp³-hybridized carbons (Fsp3) is 0. The number of aromatic carboxylic acids is 1. The van der Waals surface area contributed by atoms with E-state index in [1.54, 1.807) is 36.4 Å². The van der Waals surface area contributed by atoms with Crippen molar-refractivity contribution in [1.29, 1.82) is 0 Å². The topological polar surface area (TPSA) is 63.3 Å².